The number of ether oxygens (including phenoxy) is 1. The summed E-state index contributed by atoms with van der Waals surface area (Å²) in [6.07, 6.45) is 0. The summed E-state index contributed by atoms with van der Waals surface area (Å²) in [5.74, 6) is -4.05. The molecular formula is C22H15NO8S. The zero-order valence-electron chi connectivity index (χ0n) is 16.2. The molecule has 1 aliphatic carbocycles. The Morgan fingerprint density at radius 3 is 2.06 bits per heavy atom. The van der Waals surface area contributed by atoms with Gasteiger partial charge in [-0.15, -0.1) is 0 Å². The van der Waals surface area contributed by atoms with Gasteiger partial charge in [0.25, 0.3) is 0 Å². The number of esters is 1. The Balaban J connectivity index is 1.76. The van der Waals surface area contributed by atoms with Gasteiger partial charge in [0.05, 0.1) is 11.3 Å². The lowest BCUT2D eigenvalue weighted by Gasteiger charge is -2.23. The van der Waals surface area contributed by atoms with Crippen LogP contribution in [-0.4, -0.2) is 42.7 Å². The van der Waals surface area contributed by atoms with Crippen LogP contribution in [0.5, 0.6) is 17.2 Å². The smallest absolute Gasteiger partial charge is 0.332 e. The van der Waals surface area contributed by atoms with Crippen molar-refractivity contribution in [2.24, 2.45) is 0 Å². The Morgan fingerprint density at radius 1 is 0.844 bits per heavy atom. The molecule has 3 aromatic carbocycles. The molecule has 0 aromatic heterocycles. The normalized spacial score (nSPS) is 12.3. The molecule has 10 heteroatoms. The average Bonchev–Trinajstić information content (AvgIpc) is 2.78. The molecule has 0 unspecified atom stereocenters. The number of carbonyl (C=O) groups is 3. The van der Waals surface area contributed by atoms with Crippen molar-refractivity contribution in [1.29, 1.82) is 0 Å². The number of nitrogens with zero attached hydrogens (tertiary/aromatic N) is 1. The van der Waals surface area contributed by atoms with Crippen LogP contribution in [0, 0.1) is 0 Å². The summed E-state index contributed by atoms with van der Waals surface area (Å²) in [6, 6.07) is 14.8. The van der Waals surface area contributed by atoms with Crippen molar-refractivity contribution in [3.8, 4) is 17.2 Å². The highest BCUT2D eigenvalue weighted by Crippen LogP contribution is 2.44. The second kappa shape index (κ2) is 8.16. The molecule has 9 nitrogen and oxygen atoms in total. The van der Waals surface area contributed by atoms with Gasteiger partial charge in [-0.25, -0.2) is 13.2 Å². The first-order valence-electron chi connectivity index (χ1n) is 9.24. The summed E-state index contributed by atoms with van der Waals surface area (Å²) in [6.45, 7) is -0.849. The fourth-order valence-electron chi connectivity index (χ4n) is 3.41. The molecule has 0 fully saturated rings. The van der Waals surface area contributed by atoms with Gasteiger partial charge >= 0.3 is 5.97 Å². The van der Waals surface area contributed by atoms with Crippen molar-refractivity contribution < 1.29 is 37.8 Å². The predicted molar refractivity (Wildman–Crippen MR) is 113 cm³/mol. The number of phenolic OH excluding ortho intramolecular Hbond substituents is 2. The van der Waals surface area contributed by atoms with Gasteiger partial charge in [0.2, 0.25) is 10.9 Å². The Bertz CT molecular complexity index is 1340. The Morgan fingerprint density at radius 2 is 1.44 bits per heavy atom. The van der Waals surface area contributed by atoms with Crippen molar-refractivity contribution in [2.75, 3.05) is 10.8 Å². The highest BCUT2D eigenvalue weighted by atomic mass is 32.2. The Hall–Kier alpha value is -4.18. The minimum atomic E-state index is -3.50. The number of rotatable bonds is 5. The summed E-state index contributed by atoms with van der Waals surface area (Å²) in [7, 11) is -3.50. The molecule has 0 aliphatic heterocycles. The third-order valence-electron chi connectivity index (χ3n) is 4.87. The van der Waals surface area contributed by atoms with Crippen LogP contribution in [0.4, 0.5) is 5.69 Å². The van der Waals surface area contributed by atoms with Crippen LogP contribution in [0.3, 0.4) is 0 Å². The van der Waals surface area contributed by atoms with Crippen molar-refractivity contribution >= 4 is 34.1 Å². The Labute approximate surface area is 183 Å². The number of aromatic hydroxyl groups is 2. The maximum atomic E-state index is 12.9. The van der Waals surface area contributed by atoms with Crippen LogP contribution >= 0.6 is 0 Å². The van der Waals surface area contributed by atoms with E-state index >= 15 is 0 Å². The molecule has 32 heavy (non-hydrogen) atoms. The van der Waals surface area contributed by atoms with Crippen LogP contribution in [-0.2, 0) is 15.7 Å². The fourth-order valence-corrected chi connectivity index (χ4v) is 3.97. The molecule has 0 atom stereocenters. The lowest BCUT2D eigenvalue weighted by Crippen LogP contribution is -2.32. The Kier molecular flexibility index (Phi) is 5.37. The van der Waals surface area contributed by atoms with Gasteiger partial charge in [0.1, 0.15) is 12.3 Å². The molecule has 0 radical (unpaired) electrons. The van der Waals surface area contributed by atoms with E-state index in [0.717, 1.165) is 6.07 Å². The summed E-state index contributed by atoms with van der Waals surface area (Å²) < 4.78 is 29.3. The quantitative estimate of drug-likeness (QED) is 0.180. The summed E-state index contributed by atoms with van der Waals surface area (Å²) in [4.78, 5) is 38.0. The van der Waals surface area contributed by atoms with E-state index in [4.69, 9.17) is 4.74 Å². The van der Waals surface area contributed by atoms with Crippen molar-refractivity contribution in [3.05, 3.63) is 82.9 Å². The van der Waals surface area contributed by atoms with Gasteiger partial charge in [-0.05, 0) is 18.2 Å². The minimum absolute atomic E-state index is 0.0469. The number of anilines is 1. The summed E-state index contributed by atoms with van der Waals surface area (Å²) in [5.41, 5.74) is -1.16. The predicted octanol–water partition coefficient (Wildman–Crippen LogP) is 1.81. The highest BCUT2D eigenvalue weighted by Gasteiger charge is 2.35. The number of carbonyl (C=O) groups excluding carboxylic acids is 3. The molecule has 0 saturated heterocycles. The molecule has 0 heterocycles. The van der Waals surface area contributed by atoms with E-state index in [1.165, 1.54) is 24.3 Å². The SMILES string of the molecule is O=C(CN(c1cc2c(c(O)c1O)C(=O)c1ccccc1C2=O)[SH](=O)=O)Oc1ccccc1. The van der Waals surface area contributed by atoms with Gasteiger partial charge in [-0.1, -0.05) is 42.5 Å². The number of phenols is 2. The lowest BCUT2D eigenvalue weighted by atomic mass is 9.83. The van der Waals surface area contributed by atoms with Crippen molar-refractivity contribution in [3.63, 3.8) is 0 Å². The van der Waals surface area contributed by atoms with Crippen molar-refractivity contribution in [2.45, 2.75) is 0 Å². The van der Waals surface area contributed by atoms with E-state index in [2.05, 4.69) is 0 Å². The first kappa shape index (κ1) is 21.1. The zero-order chi connectivity index (χ0) is 23.0. The monoisotopic (exact) mass is 453 g/mol. The molecule has 0 amide bonds. The first-order valence-corrected chi connectivity index (χ1v) is 10.4. The zero-order valence-corrected chi connectivity index (χ0v) is 17.1. The maximum absolute atomic E-state index is 12.9. The number of thiol groups is 1. The lowest BCUT2D eigenvalue weighted by molar-refractivity contribution is -0.132. The summed E-state index contributed by atoms with van der Waals surface area (Å²) >= 11 is 0. The van der Waals surface area contributed by atoms with E-state index < -0.39 is 57.7 Å². The third kappa shape index (κ3) is 3.56. The molecule has 0 saturated carbocycles. The number of hydrogen-bond acceptors (Lipinski definition) is 8. The third-order valence-corrected chi connectivity index (χ3v) is 5.62. The molecule has 0 spiro atoms. The van der Waals surface area contributed by atoms with Crippen molar-refractivity contribution in [1.82, 2.24) is 0 Å². The van der Waals surface area contributed by atoms with E-state index in [-0.39, 0.29) is 22.4 Å². The van der Waals surface area contributed by atoms with Crippen LogP contribution in [0.2, 0.25) is 0 Å². The van der Waals surface area contributed by atoms with Crippen LogP contribution in [0.1, 0.15) is 31.8 Å². The van der Waals surface area contributed by atoms with Gasteiger partial charge in [-0.2, -0.15) is 0 Å². The largest absolute Gasteiger partial charge is 0.504 e. The second-order valence-corrected chi connectivity index (χ2v) is 7.76. The summed E-state index contributed by atoms with van der Waals surface area (Å²) in [5, 5.41) is 20.9. The molecule has 1 aliphatic rings. The fraction of sp³-hybridized carbons (Fsp3) is 0.0455. The van der Waals surface area contributed by atoms with E-state index in [1.54, 1.807) is 30.3 Å². The van der Waals surface area contributed by atoms with E-state index in [9.17, 15) is 33.0 Å². The van der Waals surface area contributed by atoms with Gasteiger partial charge in [-0.3, -0.25) is 13.9 Å². The number of ketones is 2. The molecule has 162 valence electrons. The number of fused-ring (bicyclic) bond motifs is 2. The number of hydrogen-bond donors (Lipinski definition) is 3. The van der Waals surface area contributed by atoms with Crippen LogP contribution < -0.4 is 9.04 Å². The maximum Gasteiger partial charge on any atom is 0.332 e. The average molecular weight is 453 g/mol. The molecule has 2 N–H and O–H groups in total. The van der Waals surface area contributed by atoms with E-state index in [1.807, 2.05) is 0 Å². The van der Waals surface area contributed by atoms with Crippen LogP contribution in [0.15, 0.2) is 60.7 Å². The topological polar surface area (TPSA) is 138 Å². The van der Waals surface area contributed by atoms with Gasteiger partial charge in [0, 0.05) is 16.7 Å². The second-order valence-electron chi connectivity index (χ2n) is 6.80. The molecule has 4 rings (SSSR count). The van der Waals surface area contributed by atoms with Gasteiger partial charge in [0.15, 0.2) is 23.1 Å². The van der Waals surface area contributed by atoms with E-state index in [0.29, 0.717) is 4.31 Å². The minimum Gasteiger partial charge on any atom is -0.504 e. The molecular weight excluding hydrogens is 438 g/mol. The highest BCUT2D eigenvalue weighted by molar-refractivity contribution is 7.74. The van der Waals surface area contributed by atoms with Crippen LogP contribution in [0.25, 0.3) is 0 Å². The number of para-hydroxylation sites is 1. The number of benzene rings is 3. The standard InChI is InChI=1S/C22H15NO8S/c24-17(31-12-6-2-1-3-7-12)11-23(32(29)30)16-10-15-18(22(28)21(16)27)20(26)14-9-5-4-8-13(14)19(15)25/h1-10,27-28,32H,11H2. The molecule has 0 bridgehead atoms. The van der Waals surface area contributed by atoms with Gasteiger partial charge < -0.3 is 14.9 Å². The molecule has 3 aromatic rings. The first-order chi connectivity index (χ1) is 15.3.